The van der Waals surface area contributed by atoms with E-state index in [1.165, 1.54) is 4.88 Å². The molecule has 1 aromatic carbocycles. The first-order valence-electron chi connectivity index (χ1n) is 9.68. The van der Waals surface area contributed by atoms with E-state index in [1.807, 2.05) is 19.9 Å². The van der Waals surface area contributed by atoms with Crippen molar-refractivity contribution in [2.75, 3.05) is 32.8 Å². The molecular formula is C22H26N2O3S. The Hall–Kier alpha value is -2.15. The van der Waals surface area contributed by atoms with E-state index in [1.54, 1.807) is 11.3 Å². The largest absolute Gasteiger partial charge is 0.451 e. The zero-order chi connectivity index (χ0) is 19.7. The van der Waals surface area contributed by atoms with Gasteiger partial charge in [-0.25, -0.2) is 0 Å². The molecule has 1 aliphatic heterocycles. The highest BCUT2D eigenvalue weighted by Crippen LogP contribution is 2.30. The Morgan fingerprint density at radius 2 is 2.04 bits per heavy atom. The van der Waals surface area contributed by atoms with Crippen LogP contribution in [-0.4, -0.2) is 43.7 Å². The Balaban J connectivity index is 1.55. The molecule has 0 saturated carbocycles. The Bertz CT molecular complexity index is 971. The maximum absolute atomic E-state index is 12.9. The van der Waals surface area contributed by atoms with E-state index in [9.17, 15) is 4.79 Å². The summed E-state index contributed by atoms with van der Waals surface area (Å²) in [5, 5.41) is 6.23. The Morgan fingerprint density at radius 1 is 1.25 bits per heavy atom. The quantitative estimate of drug-likeness (QED) is 0.699. The van der Waals surface area contributed by atoms with Gasteiger partial charge >= 0.3 is 0 Å². The second kappa shape index (κ2) is 8.07. The smallest absolute Gasteiger partial charge is 0.287 e. The van der Waals surface area contributed by atoms with Crippen LogP contribution in [0.2, 0.25) is 0 Å². The molecule has 1 unspecified atom stereocenters. The van der Waals surface area contributed by atoms with Crippen LogP contribution in [0.5, 0.6) is 0 Å². The summed E-state index contributed by atoms with van der Waals surface area (Å²) in [6.45, 7) is 9.83. The van der Waals surface area contributed by atoms with E-state index in [0.717, 1.165) is 54.0 Å². The van der Waals surface area contributed by atoms with Crippen LogP contribution < -0.4 is 5.32 Å². The molecule has 0 bridgehead atoms. The van der Waals surface area contributed by atoms with E-state index in [4.69, 9.17) is 9.15 Å². The summed E-state index contributed by atoms with van der Waals surface area (Å²) < 4.78 is 11.4. The second-order valence-electron chi connectivity index (χ2n) is 7.40. The lowest BCUT2D eigenvalue weighted by Crippen LogP contribution is -2.43. The Labute approximate surface area is 169 Å². The Kier molecular flexibility index (Phi) is 5.53. The van der Waals surface area contributed by atoms with Crippen molar-refractivity contribution in [2.45, 2.75) is 26.8 Å². The van der Waals surface area contributed by atoms with Gasteiger partial charge in [-0.05, 0) is 49.4 Å². The standard InChI is InChI=1S/C22H26N2O3S/c1-14-11-15(2)20-16(3)21(27-18(20)12-14)22(25)23-13-17(19-5-4-10-28-19)24-6-8-26-9-7-24/h4-5,10-12,17H,6-9,13H2,1-3H3,(H,23,25). The fourth-order valence-electron chi connectivity index (χ4n) is 4.06. The second-order valence-corrected chi connectivity index (χ2v) is 8.38. The molecule has 1 atom stereocenters. The molecule has 1 saturated heterocycles. The van der Waals surface area contributed by atoms with Crippen LogP contribution in [-0.2, 0) is 4.74 Å². The maximum atomic E-state index is 12.9. The monoisotopic (exact) mass is 398 g/mol. The van der Waals surface area contributed by atoms with Gasteiger partial charge in [-0.1, -0.05) is 12.1 Å². The maximum Gasteiger partial charge on any atom is 0.287 e. The number of carbonyl (C=O) groups is 1. The lowest BCUT2D eigenvalue weighted by Gasteiger charge is -2.34. The van der Waals surface area contributed by atoms with Gasteiger partial charge in [-0.3, -0.25) is 9.69 Å². The van der Waals surface area contributed by atoms with E-state index in [-0.39, 0.29) is 11.9 Å². The van der Waals surface area contributed by atoms with Crippen molar-refractivity contribution in [1.82, 2.24) is 10.2 Å². The van der Waals surface area contributed by atoms with Crippen LogP contribution >= 0.6 is 11.3 Å². The third-order valence-corrected chi connectivity index (χ3v) is 6.37. The van der Waals surface area contributed by atoms with Crippen LogP contribution in [0.1, 0.15) is 38.2 Å². The zero-order valence-corrected chi connectivity index (χ0v) is 17.4. The molecule has 5 nitrogen and oxygen atoms in total. The van der Waals surface area contributed by atoms with Gasteiger partial charge in [0.2, 0.25) is 0 Å². The summed E-state index contributed by atoms with van der Waals surface area (Å²) in [6, 6.07) is 8.47. The number of furan rings is 1. The number of carbonyl (C=O) groups excluding carboxylic acids is 1. The molecule has 1 amide bonds. The van der Waals surface area contributed by atoms with E-state index < -0.39 is 0 Å². The molecule has 28 heavy (non-hydrogen) atoms. The normalized spacial score (nSPS) is 16.4. The summed E-state index contributed by atoms with van der Waals surface area (Å²) >= 11 is 1.73. The summed E-state index contributed by atoms with van der Waals surface area (Å²) in [5.74, 6) is 0.260. The fourth-order valence-corrected chi connectivity index (χ4v) is 4.92. The number of morpholine rings is 1. The van der Waals surface area contributed by atoms with Gasteiger partial charge in [0, 0.05) is 35.5 Å². The van der Waals surface area contributed by atoms with Crippen LogP contribution in [0, 0.1) is 20.8 Å². The van der Waals surface area contributed by atoms with Crippen LogP contribution in [0.25, 0.3) is 11.0 Å². The first-order chi connectivity index (χ1) is 13.5. The SMILES string of the molecule is Cc1cc(C)c2c(C)c(C(=O)NCC(c3cccs3)N3CCOCC3)oc2c1. The molecule has 3 aromatic rings. The van der Waals surface area contributed by atoms with Gasteiger partial charge in [-0.15, -0.1) is 11.3 Å². The molecule has 1 aliphatic rings. The van der Waals surface area contributed by atoms with Crippen molar-refractivity contribution in [3.8, 4) is 0 Å². The van der Waals surface area contributed by atoms with Crippen molar-refractivity contribution >= 4 is 28.2 Å². The lowest BCUT2D eigenvalue weighted by molar-refractivity contribution is 0.0168. The number of fused-ring (bicyclic) bond motifs is 1. The molecule has 6 heteroatoms. The highest BCUT2D eigenvalue weighted by molar-refractivity contribution is 7.10. The first kappa shape index (κ1) is 19.2. The van der Waals surface area contributed by atoms with Crippen LogP contribution in [0.3, 0.4) is 0 Å². The van der Waals surface area contributed by atoms with Gasteiger partial charge < -0.3 is 14.5 Å². The number of aryl methyl sites for hydroxylation is 3. The van der Waals surface area contributed by atoms with Crippen LogP contribution in [0.15, 0.2) is 34.1 Å². The fraction of sp³-hybridized carbons (Fsp3) is 0.409. The van der Waals surface area contributed by atoms with Gasteiger partial charge in [-0.2, -0.15) is 0 Å². The lowest BCUT2D eigenvalue weighted by atomic mass is 10.0. The molecule has 0 aliphatic carbocycles. The molecule has 0 radical (unpaired) electrons. The minimum Gasteiger partial charge on any atom is -0.451 e. The average molecular weight is 399 g/mol. The van der Waals surface area contributed by atoms with Gasteiger partial charge in [0.05, 0.1) is 19.3 Å². The van der Waals surface area contributed by atoms with Crippen molar-refractivity contribution < 1.29 is 13.9 Å². The molecule has 1 fully saturated rings. The number of amides is 1. The summed E-state index contributed by atoms with van der Waals surface area (Å²) in [4.78, 5) is 16.6. The van der Waals surface area contributed by atoms with Gasteiger partial charge in [0.1, 0.15) is 5.58 Å². The molecule has 4 rings (SSSR count). The van der Waals surface area contributed by atoms with Crippen molar-refractivity contribution in [3.05, 3.63) is 57.0 Å². The van der Waals surface area contributed by atoms with Crippen LogP contribution in [0.4, 0.5) is 0 Å². The highest BCUT2D eigenvalue weighted by atomic mass is 32.1. The summed E-state index contributed by atoms with van der Waals surface area (Å²) in [5.41, 5.74) is 3.96. The summed E-state index contributed by atoms with van der Waals surface area (Å²) in [7, 11) is 0. The number of benzene rings is 1. The molecule has 0 spiro atoms. The number of thiophene rings is 1. The number of hydrogen-bond acceptors (Lipinski definition) is 5. The average Bonchev–Trinajstić information content (AvgIpc) is 3.31. The zero-order valence-electron chi connectivity index (χ0n) is 16.6. The van der Waals surface area contributed by atoms with E-state index in [2.05, 4.69) is 40.7 Å². The molecule has 3 heterocycles. The first-order valence-corrected chi connectivity index (χ1v) is 10.6. The Morgan fingerprint density at radius 3 is 2.75 bits per heavy atom. The summed E-state index contributed by atoms with van der Waals surface area (Å²) in [6.07, 6.45) is 0. The minimum absolute atomic E-state index is 0.152. The number of nitrogens with zero attached hydrogens (tertiary/aromatic N) is 1. The predicted molar refractivity (Wildman–Crippen MR) is 112 cm³/mol. The molecule has 148 valence electrons. The van der Waals surface area contributed by atoms with Crippen molar-refractivity contribution in [3.63, 3.8) is 0 Å². The number of ether oxygens (including phenoxy) is 1. The topological polar surface area (TPSA) is 54.7 Å². The molecule has 2 aromatic heterocycles. The van der Waals surface area contributed by atoms with Gasteiger partial charge in [0.15, 0.2) is 5.76 Å². The van der Waals surface area contributed by atoms with Crippen molar-refractivity contribution in [2.24, 2.45) is 0 Å². The van der Waals surface area contributed by atoms with Gasteiger partial charge in [0.25, 0.3) is 5.91 Å². The number of hydrogen-bond donors (Lipinski definition) is 1. The third-order valence-electron chi connectivity index (χ3n) is 5.39. The number of nitrogens with one attached hydrogen (secondary N) is 1. The molecular weight excluding hydrogens is 372 g/mol. The highest BCUT2D eigenvalue weighted by Gasteiger charge is 2.25. The van der Waals surface area contributed by atoms with E-state index >= 15 is 0 Å². The van der Waals surface area contributed by atoms with E-state index in [0.29, 0.717) is 12.3 Å². The third kappa shape index (κ3) is 3.72. The predicted octanol–water partition coefficient (Wildman–Crippen LogP) is 4.22. The minimum atomic E-state index is -0.152. The molecule has 1 N–H and O–H groups in total. The number of rotatable bonds is 5. The van der Waals surface area contributed by atoms with Crippen molar-refractivity contribution in [1.29, 1.82) is 0 Å².